The summed E-state index contributed by atoms with van der Waals surface area (Å²) in [6, 6.07) is 9.33. The lowest BCUT2D eigenvalue weighted by molar-refractivity contribution is -0.285. The third-order valence-electron chi connectivity index (χ3n) is 4.19. The number of alkyl halides is 3. The number of hydrogen-bond acceptors (Lipinski definition) is 4. The predicted molar refractivity (Wildman–Crippen MR) is 91.1 cm³/mol. The number of pyridine rings is 1. The van der Waals surface area contributed by atoms with Crippen LogP contribution in [0.4, 0.5) is 13.2 Å². The van der Waals surface area contributed by atoms with E-state index < -0.39 is 34.8 Å². The number of nitrogens with zero attached hydrogens (tertiary/aromatic N) is 1. The number of nitrogens with one attached hydrogen (secondary N) is 2. The topological polar surface area (TPSA) is 74.2 Å². The van der Waals surface area contributed by atoms with Gasteiger partial charge in [0.05, 0.1) is 6.04 Å². The second-order valence-electron chi connectivity index (χ2n) is 5.83. The van der Waals surface area contributed by atoms with Crippen molar-refractivity contribution in [2.24, 2.45) is 5.92 Å². The molecule has 0 bridgehead atoms. The standard InChI is InChI=1S/C17H14F3N3O2S/c18-17(19,20)16(25)12(14(24)10-5-2-1-3-6-10)13(22-15(26)23-16)11-7-4-8-21-9-11/h1-9,12-13,25H,(H2,22,23,26)/t12-,13+,16-/m0/s1. The molecule has 0 saturated carbocycles. The van der Waals surface area contributed by atoms with Crippen molar-refractivity contribution in [1.29, 1.82) is 0 Å². The van der Waals surface area contributed by atoms with Gasteiger partial charge in [-0.2, -0.15) is 13.2 Å². The van der Waals surface area contributed by atoms with Crippen LogP contribution in [0.1, 0.15) is 22.0 Å². The monoisotopic (exact) mass is 381 g/mol. The molecule has 5 nitrogen and oxygen atoms in total. The number of aromatic nitrogens is 1. The number of benzene rings is 1. The minimum Gasteiger partial charge on any atom is -0.363 e. The number of carbonyl (C=O) groups excluding carboxylic acids is 1. The average Bonchev–Trinajstić information content (AvgIpc) is 2.61. The van der Waals surface area contributed by atoms with Gasteiger partial charge in [-0.05, 0) is 23.8 Å². The highest BCUT2D eigenvalue weighted by atomic mass is 32.1. The van der Waals surface area contributed by atoms with Crippen LogP contribution < -0.4 is 10.6 Å². The van der Waals surface area contributed by atoms with E-state index in [2.05, 4.69) is 10.3 Å². The van der Waals surface area contributed by atoms with Gasteiger partial charge in [0.25, 0.3) is 0 Å². The van der Waals surface area contributed by atoms with E-state index in [0.717, 1.165) is 0 Å². The highest BCUT2D eigenvalue weighted by Crippen LogP contribution is 2.43. The first-order valence-electron chi connectivity index (χ1n) is 7.61. The summed E-state index contributed by atoms with van der Waals surface area (Å²) in [5, 5.41) is 14.6. The first-order valence-corrected chi connectivity index (χ1v) is 8.02. The van der Waals surface area contributed by atoms with Crippen LogP contribution in [0.15, 0.2) is 54.9 Å². The molecule has 0 amide bonds. The second kappa shape index (κ2) is 6.65. The fourth-order valence-corrected chi connectivity index (χ4v) is 3.24. The number of Topliss-reactive ketones (excluding diaryl/α,β-unsaturated/α-hetero) is 1. The quantitative estimate of drug-likeness (QED) is 0.560. The van der Waals surface area contributed by atoms with Crippen LogP contribution >= 0.6 is 12.2 Å². The van der Waals surface area contributed by atoms with Crippen LogP contribution in [0.25, 0.3) is 0 Å². The summed E-state index contributed by atoms with van der Waals surface area (Å²) >= 11 is 4.84. The van der Waals surface area contributed by atoms with E-state index in [9.17, 15) is 23.1 Å². The molecule has 1 aromatic carbocycles. The van der Waals surface area contributed by atoms with E-state index >= 15 is 0 Å². The molecule has 3 N–H and O–H groups in total. The maximum atomic E-state index is 13.7. The lowest BCUT2D eigenvalue weighted by Crippen LogP contribution is -2.72. The molecule has 1 aliphatic heterocycles. The van der Waals surface area contributed by atoms with E-state index in [-0.39, 0.29) is 5.56 Å². The first-order chi connectivity index (χ1) is 12.2. The van der Waals surface area contributed by atoms with Gasteiger partial charge in [0.2, 0.25) is 5.72 Å². The first kappa shape index (κ1) is 18.3. The molecule has 2 aromatic rings. The maximum absolute atomic E-state index is 13.7. The fraction of sp³-hybridized carbons (Fsp3) is 0.235. The molecule has 0 unspecified atom stereocenters. The van der Waals surface area contributed by atoms with Gasteiger partial charge in [0, 0.05) is 18.0 Å². The number of rotatable bonds is 3. The molecule has 0 radical (unpaired) electrons. The maximum Gasteiger partial charge on any atom is 0.437 e. The van der Waals surface area contributed by atoms with Crippen molar-refractivity contribution in [3.8, 4) is 0 Å². The number of carbonyl (C=O) groups is 1. The third kappa shape index (κ3) is 3.15. The highest BCUT2D eigenvalue weighted by Gasteiger charge is 2.65. The lowest BCUT2D eigenvalue weighted by Gasteiger charge is -2.46. The van der Waals surface area contributed by atoms with Crippen molar-refractivity contribution in [2.75, 3.05) is 0 Å². The van der Waals surface area contributed by atoms with Crippen molar-refractivity contribution < 1.29 is 23.1 Å². The molecular weight excluding hydrogens is 367 g/mol. The molecule has 9 heteroatoms. The number of aliphatic hydroxyl groups is 1. The minimum atomic E-state index is -5.14. The zero-order chi connectivity index (χ0) is 18.9. The van der Waals surface area contributed by atoms with E-state index in [4.69, 9.17) is 12.2 Å². The Labute approximate surface area is 152 Å². The molecule has 26 heavy (non-hydrogen) atoms. The van der Waals surface area contributed by atoms with Crippen LogP contribution in [0, 0.1) is 5.92 Å². The number of ketones is 1. The lowest BCUT2D eigenvalue weighted by atomic mass is 9.77. The molecule has 136 valence electrons. The molecule has 1 aromatic heterocycles. The molecule has 0 spiro atoms. The molecule has 1 saturated heterocycles. The predicted octanol–water partition coefficient (Wildman–Crippen LogP) is 2.35. The Bertz CT molecular complexity index is 817. The fourth-order valence-electron chi connectivity index (χ4n) is 2.96. The Kier molecular flexibility index (Phi) is 4.68. The van der Waals surface area contributed by atoms with Crippen LogP contribution in [0.3, 0.4) is 0 Å². The van der Waals surface area contributed by atoms with Crippen molar-refractivity contribution in [3.63, 3.8) is 0 Å². The van der Waals surface area contributed by atoms with Crippen molar-refractivity contribution >= 4 is 23.1 Å². The van der Waals surface area contributed by atoms with E-state index in [1.807, 2.05) is 5.32 Å². The van der Waals surface area contributed by atoms with Gasteiger partial charge < -0.3 is 15.7 Å². The van der Waals surface area contributed by atoms with Gasteiger partial charge in [0.15, 0.2) is 10.9 Å². The number of thiocarbonyl (C=S) groups is 1. The molecular formula is C17H14F3N3O2S. The Morgan fingerprint density at radius 1 is 1.19 bits per heavy atom. The molecule has 3 atom stereocenters. The van der Waals surface area contributed by atoms with E-state index in [1.54, 1.807) is 6.07 Å². The molecule has 0 aliphatic carbocycles. The Morgan fingerprint density at radius 2 is 1.88 bits per heavy atom. The van der Waals surface area contributed by atoms with E-state index in [0.29, 0.717) is 5.56 Å². The van der Waals surface area contributed by atoms with Gasteiger partial charge in [-0.3, -0.25) is 9.78 Å². The smallest absolute Gasteiger partial charge is 0.363 e. The van der Waals surface area contributed by atoms with Crippen LogP contribution in [0.5, 0.6) is 0 Å². The number of halogens is 3. The second-order valence-corrected chi connectivity index (χ2v) is 6.24. The van der Waals surface area contributed by atoms with Crippen molar-refractivity contribution in [2.45, 2.75) is 17.9 Å². The summed E-state index contributed by atoms with van der Waals surface area (Å²) < 4.78 is 41.2. The van der Waals surface area contributed by atoms with Gasteiger partial charge in [-0.25, -0.2) is 0 Å². The summed E-state index contributed by atoms with van der Waals surface area (Å²) in [7, 11) is 0. The van der Waals surface area contributed by atoms with Gasteiger partial charge >= 0.3 is 6.18 Å². The Balaban J connectivity index is 2.15. The third-order valence-corrected chi connectivity index (χ3v) is 4.41. The largest absolute Gasteiger partial charge is 0.437 e. The normalized spacial score (nSPS) is 25.9. The summed E-state index contributed by atoms with van der Waals surface area (Å²) in [6.07, 6.45) is -2.37. The molecule has 2 heterocycles. The van der Waals surface area contributed by atoms with Crippen LogP contribution in [-0.4, -0.2) is 32.9 Å². The van der Waals surface area contributed by atoms with Crippen molar-refractivity contribution in [1.82, 2.24) is 15.6 Å². The zero-order valence-electron chi connectivity index (χ0n) is 13.2. The van der Waals surface area contributed by atoms with Gasteiger partial charge in [-0.15, -0.1) is 0 Å². The summed E-state index contributed by atoms with van der Waals surface area (Å²) in [4.78, 5) is 16.8. The zero-order valence-corrected chi connectivity index (χ0v) is 14.0. The number of hydrogen-bond donors (Lipinski definition) is 3. The Morgan fingerprint density at radius 3 is 2.46 bits per heavy atom. The average molecular weight is 381 g/mol. The van der Waals surface area contributed by atoms with Gasteiger partial charge in [0.1, 0.15) is 5.92 Å². The molecule has 1 fully saturated rings. The summed E-state index contributed by atoms with van der Waals surface area (Å²) in [5.41, 5.74) is -3.18. The molecule has 1 aliphatic rings. The minimum absolute atomic E-state index is 0.0467. The van der Waals surface area contributed by atoms with Gasteiger partial charge in [-0.1, -0.05) is 36.4 Å². The van der Waals surface area contributed by atoms with Crippen LogP contribution in [0.2, 0.25) is 0 Å². The molecule has 3 rings (SSSR count). The highest BCUT2D eigenvalue weighted by molar-refractivity contribution is 7.80. The van der Waals surface area contributed by atoms with E-state index in [1.165, 1.54) is 48.8 Å². The van der Waals surface area contributed by atoms with Crippen LogP contribution in [-0.2, 0) is 0 Å². The summed E-state index contributed by atoms with van der Waals surface area (Å²) in [5.74, 6) is -2.79. The Hall–Kier alpha value is -2.52. The summed E-state index contributed by atoms with van der Waals surface area (Å²) in [6.45, 7) is 0. The van der Waals surface area contributed by atoms with Crippen molar-refractivity contribution in [3.05, 3.63) is 66.0 Å². The SMILES string of the molecule is O=C(c1ccccc1)[C@@H]1[C@@H](c2cccnc2)NC(=S)N[C@@]1(O)C(F)(F)F.